The van der Waals surface area contributed by atoms with Crippen LogP contribution in [-0.2, 0) is 0 Å². The second-order valence-corrected chi connectivity index (χ2v) is 24.2. The molecule has 4 unspecified atom stereocenters. The molecule has 12 rings (SSSR count). The van der Waals surface area contributed by atoms with Gasteiger partial charge in [-0.25, -0.2) is 29.9 Å². The van der Waals surface area contributed by atoms with Gasteiger partial charge in [-0.15, -0.1) is 0 Å². The van der Waals surface area contributed by atoms with E-state index in [4.69, 9.17) is 94.4 Å². The predicted molar refractivity (Wildman–Crippen MR) is 371 cm³/mol. The highest BCUT2D eigenvalue weighted by molar-refractivity contribution is 5.39. The van der Waals surface area contributed by atoms with Crippen LogP contribution >= 0.6 is 0 Å². The normalized spacial score (nSPS) is 18.1. The second-order valence-electron chi connectivity index (χ2n) is 24.2. The molecule has 0 bridgehead atoms. The molecule has 0 radical (unpaired) electrons. The third kappa shape index (κ3) is 27.5. The number of nitrogens with two attached hydrogens (primary N) is 6. The molecule has 4 atom stereocenters. The summed E-state index contributed by atoms with van der Waals surface area (Å²) in [7, 11) is 0. The number of ether oxygens (including phenoxy) is 6. The van der Waals surface area contributed by atoms with Gasteiger partial charge in [-0.2, -0.15) is 31.6 Å². The molecule has 30 heteroatoms. The van der Waals surface area contributed by atoms with Gasteiger partial charge in [0.05, 0.1) is 33.0 Å². The van der Waals surface area contributed by atoms with Crippen molar-refractivity contribution in [2.45, 2.75) is 95.2 Å². The summed E-state index contributed by atoms with van der Waals surface area (Å²) in [6.07, 6.45) is 35.0. The Kier molecular flexibility index (Phi) is 31.1. The number of nitrogens with zero attached hydrogens (tertiary/aromatic N) is 18. The Morgan fingerprint density at radius 1 is 0.354 bits per heavy atom. The quantitative estimate of drug-likeness (QED) is 0.0323. The molecule has 0 spiro atoms. The Labute approximate surface area is 579 Å². The third-order valence-electron chi connectivity index (χ3n) is 16.8. The first kappa shape index (κ1) is 74.6. The van der Waals surface area contributed by atoms with E-state index < -0.39 is 0 Å². The largest absolute Gasteiger partial charge is 0.493 e. The highest BCUT2D eigenvalue weighted by Gasteiger charge is 2.28. The van der Waals surface area contributed by atoms with Gasteiger partial charge in [0.15, 0.2) is 37.2 Å². The van der Waals surface area contributed by atoms with Crippen LogP contribution in [0.5, 0.6) is 34.5 Å². The molecule has 12 heterocycles. The number of nitrogen functional groups attached to an aromatic ring is 6. The van der Waals surface area contributed by atoms with Gasteiger partial charge in [0, 0.05) is 182 Å². The predicted octanol–water partition coefficient (Wildman–Crippen LogP) is 6.67. The first-order valence-corrected chi connectivity index (χ1v) is 33.2. The van der Waals surface area contributed by atoms with Crippen LogP contribution in [0.4, 0.5) is 34.9 Å². The molecule has 6 aliphatic heterocycles. The Balaban J connectivity index is 0.000000167. The molecule has 0 saturated carbocycles. The molecule has 522 valence electrons. The maximum atomic E-state index is 8.93. The van der Waals surface area contributed by atoms with Crippen LogP contribution in [0, 0.1) is 86.5 Å². The fourth-order valence-corrected chi connectivity index (χ4v) is 11.5. The summed E-state index contributed by atoms with van der Waals surface area (Å²) in [5, 5.41) is 52.5. The van der Waals surface area contributed by atoms with Crippen molar-refractivity contribution in [2.24, 2.45) is 17.8 Å². The molecule has 0 aromatic carbocycles. The summed E-state index contributed by atoms with van der Waals surface area (Å²) in [5.74, 6) is 8.69. The summed E-state index contributed by atoms with van der Waals surface area (Å²) in [6, 6.07) is 21.7. The summed E-state index contributed by atoms with van der Waals surface area (Å²) in [6.45, 7) is 11.4. The van der Waals surface area contributed by atoms with E-state index in [1.54, 1.807) is 130 Å². The van der Waals surface area contributed by atoms with Gasteiger partial charge >= 0.3 is 0 Å². The molecule has 6 saturated heterocycles. The minimum atomic E-state index is 0.173. The fraction of sp³-hybridized carbons (Fsp3) is 0.478. The molecule has 12 N–H and O–H groups in total. The van der Waals surface area contributed by atoms with Gasteiger partial charge in [-0.3, -0.25) is 0 Å². The average molecular weight is 1350 g/mol. The van der Waals surface area contributed by atoms with E-state index in [9.17, 15) is 0 Å². The summed E-state index contributed by atoms with van der Waals surface area (Å²) in [5.41, 5.74) is 33.3. The van der Waals surface area contributed by atoms with Gasteiger partial charge in [0.1, 0.15) is 75.5 Å². The lowest BCUT2D eigenvalue weighted by Crippen LogP contribution is -2.46. The standard InChI is InChI=1S/C13H18N4O.2C12H16N4O.2C11H14N4O.C10H12N4O/c14-10-17-7-1-3-11(17)4-2-8-18-12-5-6-16-13(15)9-12;13-9-16-5-2-10(8-16)3-6-17-11-1-4-15-12(14)7-11;13-9-16-6-1-2-10(16)4-7-17-11-3-5-15-12(14)8-11;12-8-15-5-2-9(3-6-15)16-10-1-4-14-11(13)7-10;12-8-15-4-2-9(6-15)7-16-10-1-3-14-11(13)5-10;11-7-14-4-8(5-14)6-15-9-1-2-13-10(12)3-9/h5-6,9,11H,1-4,7-8H2,(H2,15,16);1,4,7,10H,2-3,5-6,8H2,(H2,14,15);3,5,8,10H,1-2,4,6-7H2,(H2,14,15);1,4,7,9H,2-3,5-6H2,(H2,13,14);1,3,5,9H,2,4,6-7H2,(H2,13,14);1-3,8H,4-6H2,(H2,12,13). The van der Waals surface area contributed by atoms with Crippen molar-refractivity contribution >= 4 is 34.9 Å². The van der Waals surface area contributed by atoms with Crippen LogP contribution in [0.2, 0.25) is 0 Å². The van der Waals surface area contributed by atoms with Gasteiger partial charge in [-0.05, 0) is 100 Å². The lowest BCUT2D eigenvalue weighted by atomic mass is 10.0. The number of hydrogen-bond donors (Lipinski definition) is 6. The minimum absolute atomic E-state index is 0.173. The van der Waals surface area contributed by atoms with Gasteiger partial charge in [0.25, 0.3) is 0 Å². The van der Waals surface area contributed by atoms with E-state index in [0.29, 0.717) is 97.8 Å². The molecule has 6 fully saturated rings. The SMILES string of the molecule is N#CN1CC(COc2ccnc(N)c2)C1.N#CN1CCC(CCOc2ccnc(N)c2)C1.N#CN1CCC(COc2ccnc(N)c2)C1.N#CN1CCC(Oc2ccnc(N)c2)CC1.N#CN1CCCC1CCCOc1ccnc(N)c1.N#CN1CCCC1CCOc1ccnc(N)c1. The molecular weight excluding hydrogens is 1260 g/mol. The Morgan fingerprint density at radius 2 is 0.707 bits per heavy atom. The van der Waals surface area contributed by atoms with Crippen LogP contribution < -0.4 is 62.8 Å². The Bertz CT molecular complexity index is 3640. The van der Waals surface area contributed by atoms with E-state index >= 15 is 0 Å². The number of aromatic nitrogens is 6. The molecular formula is C69H90N24O6. The van der Waals surface area contributed by atoms with E-state index in [-0.39, 0.29) is 6.10 Å². The minimum Gasteiger partial charge on any atom is -0.493 e. The summed E-state index contributed by atoms with van der Waals surface area (Å²) >= 11 is 0. The third-order valence-corrected chi connectivity index (χ3v) is 16.8. The van der Waals surface area contributed by atoms with Crippen LogP contribution in [0.25, 0.3) is 0 Å². The maximum absolute atomic E-state index is 8.93. The number of pyridine rings is 6. The van der Waals surface area contributed by atoms with Gasteiger partial charge in [-0.1, -0.05) is 0 Å². The Hall–Kier alpha value is -11.8. The highest BCUT2D eigenvalue weighted by Crippen LogP contribution is 2.26. The van der Waals surface area contributed by atoms with Crippen molar-refractivity contribution < 1.29 is 28.4 Å². The summed E-state index contributed by atoms with van der Waals surface area (Å²) in [4.78, 5) is 34.1. The van der Waals surface area contributed by atoms with Crippen molar-refractivity contribution in [1.82, 2.24) is 59.3 Å². The number of nitriles is 6. The van der Waals surface area contributed by atoms with Crippen LogP contribution in [0.1, 0.15) is 77.0 Å². The van der Waals surface area contributed by atoms with E-state index in [0.717, 1.165) is 177 Å². The van der Waals surface area contributed by atoms with Crippen LogP contribution in [0.15, 0.2) is 110 Å². The molecule has 6 aromatic heterocycles. The molecule has 6 aliphatic rings. The van der Waals surface area contributed by atoms with Crippen molar-refractivity contribution in [1.29, 1.82) is 31.6 Å². The first-order valence-electron chi connectivity index (χ1n) is 33.2. The monoisotopic (exact) mass is 1350 g/mol. The van der Waals surface area contributed by atoms with E-state index in [1.807, 2.05) is 9.80 Å². The first-order chi connectivity index (χ1) is 48.2. The molecule has 6 aromatic rings. The maximum Gasteiger partial charge on any atom is 0.179 e. The van der Waals surface area contributed by atoms with Crippen LogP contribution in [-0.4, -0.2) is 176 Å². The smallest absolute Gasteiger partial charge is 0.179 e. The molecule has 99 heavy (non-hydrogen) atoms. The molecule has 30 nitrogen and oxygen atoms in total. The zero-order chi connectivity index (χ0) is 70.4. The number of rotatable bonds is 21. The molecule has 0 amide bonds. The highest BCUT2D eigenvalue weighted by atomic mass is 16.5. The van der Waals surface area contributed by atoms with Crippen molar-refractivity contribution in [2.75, 3.05) is 133 Å². The average Bonchev–Trinajstić information content (AvgIpc) is 1.89. The van der Waals surface area contributed by atoms with Crippen molar-refractivity contribution in [3.8, 4) is 71.7 Å². The van der Waals surface area contributed by atoms with Crippen molar-refractivity contribution in [3.63, 3.8) is 0 Å². The second kappa shape index (κ2) is 41.3. The van der Waals surface area contributed by atoms with Gasteiger partial charge in [0.2, 0.25) is 0 Å². The van der Waals surface area contributed by atoms with Crippen LogP contribution in [0.3, 0.4) is 0 Å². The number of hydrogen-bond acceptors (Lipinski definition) is 30. The van der Waals surface area contributed by atoms with E-state index in [2.05, 4.69) is 67.1 Å². The lowest BCUT2D eigenvalue weighted by Gasteiger charge is -2.34. The topological polar surface area (TPSA) is 451 Å². The Morgan fingerprint density at radius 3 is 1.13 bits per heavy atom. The van der Waals surface area contributed by atoms with E-state index in [1.165, 1.54) is 0 Å². The zero-order valence-corrected chi connectivity index (χ0v) is 55.9. The van der Waals surface area contributed by atoms with Crippen molar-refractivity contribution in [3.05, 3.63) is 110 Å². The number of likely N-dealkylation sites (tertiary alicyclic amines) is 6. The lowest BCUT2D eigenvalue weighted by molar-refractivity contribution is 0.110. The van der Waals surface area contributed by atoms with Gasteiger partial charge < -0.3 is 92.2 Å². The number of anilines is 6. The molecule has 0 aliphatic carbocycles. The number of piperidine rings is 1. The summed E-state index contributed by atoms with van der Waals surface area (Å²) < 4.78 is 33.7. The zero-order valence-electron chi connectivity index (χ0n) is 55.9. The fourth-order valence-electron chi connectivity index (χ4n) is 11.5.